The van der Waals surface area contributed by atoms with Crippen molar-refractivity contribution in [3.05, 3.63) is 77.7 Å². The molecule has 0 bridgehead atoms. The van der Waals surface area contributed by atoms with Crippen molar-refractivity contribution < 1.29 is 23.8 Å². The van der Waals surface area contributed by atoms with Crippen LogP contribution in [0.3, 0.4) is 0 Å². The van der Waals surface area contributed by atoms with Crippen LogP contribution in [-0.4, -0.2) is 33.9 Å². The zero-order valence-corrected chi connectivity index (χ0v) is 15.0. The lowest BCUT2D eigenvalue weighted by atomic mass is 10.0. The Kier molecular flexibility index (Phi) is 5.69. The molecule has 0 aliphatic heterocycles. The Labute approximate surface area is 160 Å². The zero-order valence-electron chi connectivity index (χ0n) is 15.0. The second-order valence-corrected chi connectivity index (χ2v) is 5.97. The molecule has 0 fully saturated rings. The number of rotatable bonds is 7. The van der Waals surface area contributed by atoms with Crippen LogP contribution in [0.5, 0.6) is 5.88 Å². The Morgan fingerprint density at radius 3 is 2.50 bits per heavy atom. The van der Waals surface area contributed by atoms with Gasteiger partial charge in [-0.05, 0) is 17.7 Å². The molecule has 1 heterocycles. The summed E-state index contributed by atoms with van der Waals surface area (Å²) in [7, 11) is 1.38. The van der Waals surface area contributed by atoms with E-state index in [2.05, 4.69) is 10.4 Å². The van der Waals surface area contributed by atoms with Crippen molar-refractivity contribution in [1.82, 2.24) is 15.1 Å². The van der Waals surface area contributed by atoms with Gasteiger partial charge in [-0.1, -0.05) is 42.5 Å². The van der Waals surface area contributed by atoms with Crippen LogP contribution in [-0.2, 0) is 4.79 Å². The number of carboxylic acid groups (broad SMARTS) is 1. The first-order valence-electron chi connectivity index (χ1n) is 8.46. The summed E-state index contributed by atoms with van der Waals surface area (Å²) < 4.78 is 20.5. The van der Waals surface area contributed by atoms with Crippen molar-refractivity contribution in [1.29, 1.82) is 0 Å². The first-order valence-corrected chi connectivity index (χ1v) is 8.46. The molecule has 7 nitrogen and oxygen atoms in total. The van der Waals surface area contributed by atoms with E-state index in [1.54, 1.807) is 42.5 Å². The van der Waals surface area contributed by atoms with Crippen molar-refractivity contribution in [3.8, 4) is 11.6 Å². The van der Waals surface area contributed by atoms with Crippen LogP contribution in [0.1, 0.15) is 28.5 Å². The molecule has 0 unspecified atom stereocenters. The number of aliphatic carboxylic acids is 1. The summed E-state index contributed by atoms with van der Waals surface area (Å²) in [5, 5.41) is 16.0. The molecule has 0 saturated carbocycles. The molecular weight excluding hydrogens is 365 g/mol. The number of amides is 1. The van der Waals surface area contributed by atoms with Gasteiger partial charge in [0, 0.05) is 6.07 Å². The monoisotopic (exact) mass is 383 g/mol. The predicted molar refractivity (Wildman–Crippen MR) is 99.0 cm³/mol. The molecule has 0 aliphatic carbocycles. The smallest absolute Gasteiger partial charge is 0.305 e. The molecule has 1 aromatic heterocycles. The van der Waals surface area contributed by atoms with Gasteiger partial charge in [-0.15, -0.1) is 0 Å². The van der Waals surface area contributed by atoms with Crippen molar-refractivity contribution in [3.63, 3.8) is 0 Å². The molecular formula is C20H18FN3O4. The van der Waals surface area contributed by atoms with Gasteiger partial charge >= 0.3 is 5.97 Å². The number of carbonyl (C=O) groups is 2. The minimum Gasteiger partial charge on any atom is -0.481 e. The number of carboxylic acids is 1. The molecule has 1 atom stereocenters. The third-order valence-corrected chi connectivity index (χ3v) is 4.09. The summed E-state index contributed by atoms with van der Waals surface area (Å²) in [5.41, 5.74) is 0.758. The van der Waals surface area contributed by atoms with Gasteiger partial charge in [0.15, 0.2) is 5.69 Å². The first-order chi connectivity index (χ1) is 13.5. The molecule has 0 saturated heterocycles. The van der Waals surface area contributed by atoms with Crippen LogP contribution in [0.2, 0.25) is 0 Å². The third kappa shape index (κ3) is 4.17. The minimum atomic E-state index is -1.05. The predicted octanol–water partition coefficient (Wildman–Crippen LogP) is 2.97. The van der Waals surface area contributed by atoms with Crippen molar-refractivity contribution in [2.45, 2.75) is 12.5 Å². The fraction of sp³-hybridized carbons (Fsp3) is 0.150. The maximum absolute atomic E-state index is 14.1. The number of hydrogen-bond acceptors (Lipinski definition) is 4. The molecule has 3 aromatic rings. The summed E-state index contributed by atoms with van der Waals surface area (Å²) in [6, 6.07) is 15.3. The molecule has 0 aliphatic rings. The van der Waals surface area contributed by atoms with Gasteiger partial charge < -0.3 is 15.2 Å². The van der Waals surface area contributed by atoms with E-state index in [4.69, 9.17) is 9.84 Å². The molecule has 2 aromatic carbocycles. The Morgan fingerprint density at radius 2 is 1.86 bits per heavy atom. The number of carbonyl (C=O) groups excluding carboxylic acids is 1. The zero-order chi connectivity index (χ0) is 20.1. The van der Waals surface area contributed by atoms with Crippen molar-refractivity contribution in [2.75, 3.05) is 7.11 Å². The van der Waals surface area contributed by atoms with E-state index in [1.807, 2.05) is 0 Å². The summed E-state index contributed by atoms with van der Waals surface area (Å²) in [6.45, 7) is 0. The Hall–Kier alpha value is -3.68. The van der Waals surface area contributed by atoms with E-state index in [0.717, 1.165) is 0 Å². The fourth-order valence-corrected chi connectivity index (χ4v) is 2.76. The first kappa shape index (κ1) is 19.1. The van der Waals surface area contributed by atoms with Crippen LogP contribution >= 0.6 is 0 Å². The van der Waals surface area contributed by atoms with Gasteiger partial charge in [0.1, 0.15) is 11.5 Å². The molecule has 0 spiro atoms. The third-order valence-electron chi connectivity index (χ3n) is 4.09. The Morgan fingerprint density at radius 1 is 1.18 bits per heavy atom. The van der Waals surface area contributed by atoms with Crippen LogP contribution in [0, 0.1) is 5.82 Å². The number of nitrogens with zero attached hydrogens (tertiary/aromatic N) is 2. The summed E-state index contributed by atoms with van der Waals surface area (Å²) in [5.74, 6) is -2.00. The molecule has 28 heavy (non-hydrogen) atoms. The van der Waals surface area contributed by atoms with E-state index < -0.39 is 23.7 Å². The number of hydrogen-bond donors (Lipinski definition) is 2. The van der Waals surface area contributed by atoms with E-state index in [0.29, 0.717) is 5.56 Å². The van der Waals surface area contributed by atoms with Crippen molar-refractivity contribution >= 4 is 11.9 Å². The molecule has 1 amide bonds. The summed E-state index contributed by atoms with van der Waals surface area (Å²) >= 11 is 0. The Bertz CT molecular complexity index is 988. The second kappa shape index (κ2) is 8.34. The fourth-order valence-electron chi connectivity index (χ4n) is 2.76. The highest BCUT2D eigenvalue weighted by Crippen LogP contribution is 2.23. The number of ether oxygens (including phenoxy) is 1. The number of nitrogens with one attached hydrogen (secondary N) is 1. The lowest BCUT2D eigenvalue weighted by molar-refractivity contribution is -0.137. The number of benzene rings is 2. The average molecular weight is 383 g/mol. The number of para-hydroxylation sites is 1. The number of methoxy groups -OCH3 is 1. The maximum Gasteiger partial charge on any atom is 0.305 e. The minimum absolute atomic E-state index is 0.0218. The van der Waals surface area contributed by atoms with Gasteiger partial charge in [-0.25, -0.2) is 4.39 Å². The molecule has 0 radical (unpaired) electrons. The molecule has 144 valence electrons. The lowest BCUT2D eigenvalue weighted by Gasteiger charge is -2.16. The van der Waals surface area contributed by atoms with Gasteiger partial charge in [0.2, 0.25) is 5.88 Å². The maximum atomic E-state index is 14.1. The van der Waals surface area contributed by atoms with E-state index in [-0.39, 0.29) is 23.7 Å². The second-order valence-electron chi connectivity index (χ2n) is 5.97. The highest BCUT2D eigenvalue weighted by atomic mass is 19.1. The summed E-state index contributed by atoms with van der Waals surface area (Å²) in [6.07, 6.45) is -0.291. The van der Waals surface area contributed by atoms with E-state index in [1.165, 1.54) is 30.0 Å². The quantitative estimate of drug-likeness (QED) is 0.654. The molecule has 8 heteroatoms. The van der Waals surface area contributed by atoms with E-state index in [9.17, 15) is 14.0 Å². The number of halogens is 1. The highest BCUT2D eigenvalue weighted by Gasteiger charge is 2.22. The standard InChI is InChI=1S/C20H18FN3O4/c1-28-18-11-16(23-24(18)17-10-6-5-9-14(17)21)20(27)22-15(12-19(25)26)13-7-3-2-4-8-13/h2-11,15H,12H2,1H3,(H,22,27)(H,25,26)/t15-/m0/s1. The normalized spacial score (nSPS) is 11.6. The van der Waals surface area contributed by atoms with Crippen LogP contribution < -0.4 is 10.1 Å². The van der Waals surface area contributed by atoms with Crippen LogP contribution in [0.25, 0.3) is 5.69 Å². The topological polar surface area (TPSA) is 93.4 Å². The van der Waals surface area contributed by atoms with E-state index >= 15 is 0 Å². The Balaban J connectivity index is 1.89. The highest BCUT2D eigenvalue weighted by molar-refractivity contribution is 5.93. The average Bonchev–Trinajstić information content (AvgIpc) is 3.12. The van der Waals surface area contributed by atoms with Crippen LogP contribution in [0.4, 0.5) is 4.39 Å². The summed E-state index contributed by atoms with van der Waals surface area (Å²) in [4.78, 5) is 23.9. The van der Waals surface area contributed by atoms with Gasteiger partial charge in [0.25, 0.3) is 5.91 Å². The lowest BCUT2D eigenvalue weighted by Crippen LogP contribution is -2.30. The van der Waals surface area contributed by atoms with Gasteiger partial charge in [-0.2, -0.15) is 9.78 Å². The number of aromatic nitrogens is 2. The SMILES string of the molecule is COc1cc(C(=O)N[C@@H](CC(=O)O)c2ccccc2)nn1-c1ccccc1F. The molecule has 2 N–H and O–H groups in total. The largest absolute Gasteiger partial charge is 0.481 e. The van der Waals surface area contributed by atoms with Crippen molar-refractivity contribution in [2.24, 2.45) is 0 Å². The van der Waals surface area contributed by atoms with Crippen LogP contribution in [0.15, 0.2) is 60.7 Å². The van der Waals surface area contributed by atoms with Gasteiger partial charge in [-0.3, -0.25) is 9.59 Å². The van der Waals surface area contributed by atoms with Gasteiger partial charge in [0.05, 0.1) is 19.6 Å². The molecule has 3 rings (SSSR count).